The fourth-order valence-electron chi connectivity index (χ4n) is 6.35. The average molecular weight is 681 g/mol. The van der Waals surface area contributed by atoms with Gasteiger partial charge in [-0.05, 0) is 63.2 Å². The van der Waals surface area contributed by atoms with Crippen LogP contribution in [-0.2, 0) is 9.47 Å². The Balaban J connectivity index is 0.00000167. The number of halogens is 1. The number of nitrogens with one attached hydrogen (secondary N) is 2. The third kappa shape index (κ3) is 9.95. The summed E-state index contributed by atoms with van der Waals surface area (Å²) in [6.07, 6.45) is 14.7. The molecule has 2 N–H and O–H groups in total. The number of piperidine rings is 2. The number of aromatic amines is 1. The minimum absolute atomic E-state index is 0.0699. The molecule has 5 rings (SSSR count). The summed E-state index contributed by atoms with van der Waals surface area (Å²) in [5.41, 5.74) is 5.12. The van der Waals surface area contributed by atoms with Crippen LogP contribution < -0.4 is 15.1 Å². The van der Waals surface area contributed by atoms with Gasteiger partial charge in [-0.1, -0.05) is 65.1 Å². The zero-order chi connectivity index (χ0) is 34.5. The molecule has 9 nitrogen and oxygen atoms in total. The molecule has 2 fully saturated rings. The molecule has 2 aliphatic rings. The number of H-pyrrole nitrogens is 1. The summed E-state index contributed by atoms with van der Waals surface area (Å²) >= 11 is 6.56. The van der Waals surface area contributed by atoms with E-state index in [1.165, 1.54) is 6.42 Å². The first-order valence-electron chi connectivity index (χ1n) is 18.1. The molecule has 0 aliphatic carbocycles. The lowest BCUT2D eigenvalue weighted by Crippen LogP contribution is -2.45. The number of benzene rings is 1. The maximum Gasteiger partial charge on any atom is 0.289 e. The molecule has 0 unspecified atom stereocenters. The lowest BCUT2D eigenvalue weighted by atomic mass is 9.96. The number of aromatic nitrogens is 3. The van der Waals surface area contributed by atoms with Crippen molar-refractivity contribution >= 4 is 45.4 Å². The Morgan fingerprint density at radius 3 is 2.12 bits per heavy atom. The van der Waals surface area contributed by atoms with Crippen molar-refractivity contribution < 1.29 is 14.3 Å². The Labute approximate surface area is 292 Å². The van der Waals surface area contributed by atoms with Gasteiger partial charge in [0.2, 0.25) is 5.82 Å². The monoisotopic (exact) mass is 680 g/mol. The highest BCUT2D eigenvalue weighted by Gasteiger charge is 2.29. The van der Waals surface area contributed by atoms with E-state index in [0.29, 0.717) is 5.92 Å². The third-order valence-corrected chi connectivity index (χ3v) is 9.40. The van der Waals surface area contributed by atoms with E-state index in [1.54, 1.807) is 12.4 Å². The molecule has 2 aliphatic heterocycles. The smallest absolute Gasteiger partial charge is 0.289 e. The van der Waals surface area contributed by atoms with Crippen molar-refractivity contribution in [2.24, 2.45) is 5.92 Å². The van der Waals surface area contributed by atoms with E-state index >= 15 is 0 Å². The molecule has 10 heteroatoms. The number of ether oxygens (including phenoxy) is 2. The molecule has 0 spiro atoms. The minimum Gasteiger partial charge on any atom is -0.370 e. The zero-order valence-corrected chi connectivity index (χ0v) is 30.6. The number of anilines is 2. The first kappa shape index (κ1) is 37.7. The molecule has 0 atom stereocenters. The van der Waals surface area contributed by atoms with Crippen molar-refractivity contribution in [1.29, 1.82) is 0 Å². The van der Waals surface area contributed by atoms with Crippen molar-refractivity contribution in [1.82, 2.24) is 20.3 Å². The van der Waals surface area contributed by atoms with Crippen LogP contribution in [0.3, 0.4) is 0 Å². The van der Waals surface area contributed by atoms with Crippen LogP contribution in [0.15, 0.2) is 37.3 Å². The van der Waals surface area contributed by atoms with Gasteiger partial charge in [-0.15, -0.1) is 0 Å². The van der Waals surface area contributed by atoms with E-state index < -0.39 is 0 Å². The van der Waals surface area contributed by atoms with Gasteiger partial charge in [-0.3, -0.25) is 4.79 Å². The van der Waals surface area contributed by atoms with Gasteiger partial charge in [-0.2, -0.15) is 0 Å². The second kappa shape index (κ2) is 19.2. The summed E-state index contributed by atoms with van der Waals surface area (Å²) in [4.78, 5) is 30.0. The predicted molar refractivity (Wildman–Crippen MR) is 199 cm³/mol. The normalized spacial score (nSPS) is 15.9. The van der Waals surface area contributed by atoms with Crippen LogP contribution in [0.4, 0.5) is 11.4 Å². The number of carbonyl (C=O) groups excluding carboxylic acids is 1. The van der Waals surface area contributed by atoms with E-state index in [0.717, 1.165) is 129 Å². The summed E-state index contributed by atoms with van der Waals surface area (Å²) in [5.74, 6) is 0.372. The first-order valence-corrected chi connectivity index (χ1v) is 18.5. The number of rotatable bonds is 14. The number of amides is 1. The minimum atomic E-state index is -0.223. The quantitative estimate of drug-likeness (QED) is 0.130. The molecule has 2 aromatic heterocycles. The van der Waals surface area contributed by atoms with Crippen molar-refractivity contribution in [3.63, 3.8) is 0 Å². The average Bonchev–Trinajstić information content (AvgIpc) is 3.56. The van der Waals surface area contributed by atoms with E-state index in [9.17, 15) is 4.79 Å². The second-order valence-electron chi connectivity index (χ2n) is 13.1. The van der Waals surface area contributed by atoms with Crippen molar-refractivity contribution in [2.75, 3.05) is 49.2 Å². The number of allylic oxidation sites excluding steroid dienone is 1. The lowest BCUT2D eigenvalue weighted by Gasteiger charge is -2.36. The number of fused-ring (bicyclic) bond motifs is 1. The van der Waals surface area contributed by atoms with Gasteiger partial charge in [0.15, 0.2) is 6.29 Å². The summed E-state index contributed by atoms with van der Waals surface area (Å²) in [5, 5.41) is 4.89. The van der Waals surface area contributed by atoms with Crippen molar-refractivity contribution in [3.05, 3.63) is 53.7 Å². The number of nitrogens with zero attached hydrogens (tertiary/aromatic N) is 4. The van der Waals surface area contributed by atoms with Gasteiger partial charge in [-0.25, -0.2) is 9.97 Å². The molecule has 2 saturated heterocycles. The molecule has 4 heterocycles. The fraction of sp³-hybridized carbons (Fsp3) is 0.605. The Bertz CT molecular complexity index is 1420. The van der Waals surface area contributed by atoms with Gasteiger partial charge in [0.05, 0.1) is 34.3 Å². The number of hydrogen-bond acceptors (Lipinski definition) is 7. The molecule has 48 heavy (non-hydrogen) atoms. The molecule has 0 radical (unpaired) electrons. The van der Waals surface area contributed by atoms with Gasteiger partial charge < -0.3 is 29.6 Å². The zero-order valence-electron chi connectivity index (χ0n) is 29.8. The Morgan fingerprint density at radius 2 is 1.56 bits per heavy atom. The van der Waals surface area contributed by atoms with Crippen molar-refractivity contribution in [3.8, 4) is 0 Å². The van der Waals surface area contributed by atoms with Crippen LogP contribution in [0.2, 0.25) is 5.02 Å². The SMILES string of the molecule is C=C(C)c1c[nH]c2c(N3CCC(NC(=O)c4ncc(N5CCC(C(OCCCC)OCCCC)CC5)cn4)CC3)ccc(Cl)c12.CCC. The second-order valence-corrected chi connectivity index (χ2v) is 13.6. The lowest BCUT2D eigenvalue weighted by molar-refractivity contribution is -0.177. The van der Waals surface area contributed by atoms with Crippen LogP contribution in [0.5, 0.6) is 0 Å². The summed E-state index contributed by atoms with van der Waals surface area (Å²) in [6.45, 7) is 19.6. The van der Waals surface area contributed by atoms with Crippen LogP contribution in [0, 0.1) is 5.92 Å². The molecule has 0 saturated carbocycles. The molecule has 0 bridgehead atoms. The molecule has 3 aromatic rings. The Hall–Kier alpha value is -3.14. The van der Waals surface area contributed by atoms with E-state index in [4.69, 9.17) is 21.1 Å². The van der Waals surface area contributed by atoms with Gasteiger partial charge in [0, 0.05) is 68.5 Å². The maximum atomic E-state index is 13.0. The summed E-state index contributed by atoms with van der Waals surface area (Å²) < 4.78 is 12.3. The fourth-order valence-corrected chi connectivity index (χ4v) is 6.61. The first-order chi connectivity index (χ1) is 23.3. The number of hydrogen-bond donors (Lipinski definition) is 2. The van der Waals surface area contributed by atoms with Crippen LogP contribution in [0.25, 0.3) is 16.5 Å². The molecule has 264 valence electrons. The van der Waals surface area contributed by atoms with Crippen molar-refractivity contribution in [2.45, 2.75) is 105 Å². The van der Waals surface area contributed by atoms with Gasteiger partial charge >= 0.3 is 0 Å². The number of unbranched alkanes of at least 4 members (excludes halogenated alkanes) is 2. The summed E-state index contributed by atoms with van der Waals surface area (Å²) in [7, 11) is 0. The van der Waals surface area contributed by atoms with Gasteiger partial charge in [0.25, 0.3) is 5.91 Å². The maximum absolute atomic E-state index is 13.0. The highest BCUT2D eigenvalue weighted by atomic mass is 35.5. The van der Waals surface area contributed by atoms with E-state index in [-0.39, 0.29) is 24.1 Å². The molecule has 1 amide bonds. The Kier molecular flexibility index (Phi) is 15.0. The highest BCUT2D eigenvalue weighted by Crippen LogP contribution is 2.37. The van der Waals surface area contributed by atoms with Crippen LogP contribution in [-0.4, -0.2) is 72.6 Å². The van der Waals surface area contributed by atoms with E-state index in [1.807, 2.05) is 19.2 Å². The summed E-state index contributed by atoms with van der Waals surface area (Å²) in [6, 6.07) is 4.10. The van der Waals surface area contributed by atoms with E-state index in [2.05, 4.69) is 70.4 Å². The largest absolute Gasteiger partial charge is 0.370 e. The standard InChI is InChI=1S/C35H49ClN6O3.C3H8/c1-5-7-19-44-35(45-20-8-6-2)25-11-15-41(16-12-25)27-21-38-33(39-22-27)34(43)40-26-13-17-42(18-14-26)30-10-9-29(36)31-28(24(3)4)23-37-32(30)31;1-3-2/h9-10,21-23,25-26,35,37H,3,5-8,11-20H2,1-2,4H3,(H,40,43);3H2,1-2H3. The number of carbonyl (C=O) groups is 1. The predicted octanol–water partition coefficient (Wildman–Crippen LogP) is 8.64. The molecule has 1 aromatic carbocycles. The third-order valence-electron chi connectivity index (χ3n) is 9.08. The van der Waals surface area contributed by atoms with Gasteiger partial charge in [0.1, 0.15) is 0 Å². The van der Waals surface area contributed by atoms with Crippen LogP contribution >= 0.6 is 11.6 Å². The topological polar surface area (TPSA) is 95.6 Å². The molecular formula is C38H57ClN6O3. The highest BCUT2D eigenvalue weighted by molar-refractivity contribution is 6.36. The Morgan fingerprint density at radius 1 is 0.979 bits per heavy atom. The molecular weight excluding hydrogens is 624 g/mol. The van der Waals surface area contributed by atoms with Crippen LogP contribution in [0.1, 0.15) is 109 Å².